The van der Waals surface area contributed by atoms with E-state index in [4.69, 9.17) is 23.5 Å². The van der Waals surface area contributed by atoms with E-state index < -0.39 is 39.7 Å². The first kappa shape index (κ1) is 19.4. The predicted octanol–water partition coefficient (Wildman–Crippen LogP) is -0.538. The summed E-state index contributed by atoms with van der Waals surface area (Å²) in [5.41, 5.74) is -0.936. The van der Waals surface area contributed by atoms with E-state index in [1.807, 2.05) is 0 Å². The second-order valence-corrected chi connectivity index (χ2v) is 5.03. The molecule has 0 spiro atoms. The molecule has 0 heterocycles. The molecular weight excluding hydrogens is 305 g/mol. The maximum absolute atomic E-state index is 10.1. The largest absolute Gasteiger partial charge is 0.509 e. The summed E-state index contributed by atoms with van der Waals surface area (Å²) in [5.74, 6) is -3.06. The van der Waals surface area contributed by atoms with Gasteiger partial charge in [0.25, 0.3) is 0 Å². The average molecular weight is 320 g/mol. The van der Waals surface area contributed by atoms with Gasteiger partial charge in [-0.3, -0.25) is 0 Å². The number of rotatable bonds is 0. The minimum Gasteiger partial charge on any atom is -0.509 e. The van der Waals surface area contributed by atoms with E-state index in [-0.39, 0.29) is 16.6 Å². The van der Waals surface area contributed by atoms with Crippen molar-refractivity contribution >= 4 is 39.9 Å². The molecule has 0 amide bonds. The first-order valence-electron chi connectivity index (χ1n) is 6.81. The van der Waals surface area contributed by atoms with E-state index in [1.54, 1.807) is 0 Å². The summed E-state index contributed by atoms with van der Waals surface area (Å²) in [5, 5.41) is 49.9. The van der Waals surface area contributed by atoms with E-state index >= 15 is 0 Å². The third kappa shape index (κ3) is 4.01. The van der Waals surface area contributed by atoms with Gasteiger partial charge in [0.2, 0.25) is 0 Å². The molecule has 0 fully saturated rings. The second kappa shape index (κ2) is 7.77. The van der Waals surface area contributed by atoms with Gasteiger partial charge in [-0.2, -0.15) is 0 Å². The van der Waals surface area contributed by atoms with E-state index in [0.29, 0.717) is 0 Å². The quantitative estimate of drug-likeness (QED) is 0.414. The molecule has 6 radical (unpaired) electrons. The Labute approximate surface area is 144 Å². The summed E-state index contributed by atoms with van der Waals surface area (Å²) >= 11 is 0. The van der Waals surface area contributed by atoms with Crippen LogP contribution in [0.1, 0.15) is 11.1 Å². The van der Waals surface area contributed by atoms with Gasteiger partial charge in [-0.1, -0.05) is 23.7 Å². The van der Waals surface area contributed by atoms with Crippen LogP contribution in [0.3, 0.4) is 0 Å². The molecule has 8 heteroatoms. The maximum Gasteiger partial charge on any atom is 0.160 e. The molecule has 0 aliphatic heterocycles. The highest BCUT2D eigenvalue weighted by Gasteiger charge is 2.10. The van der Waals surface area contributed by atoms with Crippen molar-refractivity contribution in [3.8, 4) is 28.7 Å². The van der Waals surface area contributed by atoms with Gasteiger partial charge in [0, 0.05) is 5.56 Å². The van der Waals surface area contributed by atoms with E-state index in [0.717, 1.165) is 6.07 Å². The van der Waals surface area contributed by atoms with Crippen molar-refractivity contribution in [3.05, 3.63) is 35.4 Å². The third-order valence-corrected chi connectivity index (χ3v) is 3.45. The fourth-order valence-corrected chi connectivity index (χ4v) is 1.73. The number of aromatic hydroxyl groups is 5. The fraction of sp³-hybridized carbons (Fsp3) is 0.125. The van der Waals surface area contributed by atoms with Crippen LogP contribution in [0.25, 0.3) is 0 Å². The lowest BCUT2D eigenvalue weighted by Gasteiger charge is -2.08. The van der Waals surface area contributed by atoms with Crippen molar-refractivity contribution in [1.82, 2.24) is 0 Å². The molecule has 0 bridgehead atoms. The van der Waals surface area contributed by atoms with Crippen molar-refractivity contribution in [2.24, 2.45) is 0 Å². The average Bonchev–Trinajstić information content (AvgIpc) is 2.58. The van der Waals surface area contributed by atoms with Crippen LogP contribution >= 0.6 is 0 Å². The monoisotopic (exact) mass is 320 g/mol. The first-order valence-corrected chi connectivity index (χ1v) is 6.81. The molecule has 0 unspecified atom stereocenters. The van der Waals surface area contributed by atoms with Gasteiger partial charge < -0.3 is 25.5 Å². The molecule has 0 saturated carbocycles. The second-order valence-electron chi connectivity index (χ2n) is 5.03. The zero-order valence-electron chi connectivity index (χ0n) is 13.3. The van der Waals surface area contributed by atoms with E-state index in [9.17, 15) is 25.5 Å². The maximum atomic E-state index is 10.1. The summed E-state index contributed by atoms with van der Waals surface area (Å²) in [4.78, 5) is 0. The molecule has 1 aromatic rings. The van der Waals surface area contributed by atoms with Gasteiger partial charge in [0.1, 0.15) is 40.8 Å². The van der Waals surface area contributed by atoms with Crippen molar-refractivity contribution in [3.63, 3.8) is 0 Å². The van der Waals surface area contributed by atoms with Crippen molar-refractivity contribution in [2.45, 2.75) is 13.8 Å². The molecule has 0 atom stereocenters. The molecule has 0 saturated heterocycles. The molecule has 1 aromatic carbocycles. The SMILES string of the molecule is [B]c1ccccc(O)c([B])c(O)c(O)c(C)c(C)c(O)c([B])c1O. The Kier molecular flexibility index (Phi) is 6.29. The summed E-state index contributed by atoms with van der Waals surface area (Å²) in [6, 6.07) is 5.11. The number of hydrogen-bond acceptors (Lipinski definition) is 5. The lowest BCUT2D eigenvalue weighted by molar-refractivity contribution is 0.401. The van der Waals surface area contributed by atoms with E-state index in [2.05, 4.69) is 0 Å². The highest BCUT2D eigenvalue weighted by atomic mass is 16.3. The van der Waals surface area contributed by atoms with Gasteiger partial charge in [0.05, 0.1) is 0 Å². The number of hydrogen-bond donors (Lipinski definition) is 5. The van der Waals surface area contributed by atoms with Crippen LogP contribution in [-0.2, 0) is 0 Å². The summed E-state index contributed by atoms with van der Waals surface area (Å²) < 4.78 is 0. The van der Waals surface area contributed by atoms with Crippen LogP contribution in [0.2, 0.25) is 0 Å². The minimum absolute atomic E-state index is 0.0200. The van der Waals surface area contributed by atoms with Gasteiger partial charge in [-0.05, 0) is 36.4 Å². The molecule has 0 aromatic heterocycles. The van der Waals surface area contributed by atoms with Crippen molar-refractivity contribution < 1.29 is 25.5 Å². The Morgan fingerprint density at radius 3 is 1.71 bits per heavy atom. The fourth-order valence-electron chi connectivity index (χ4n) is 1.73. The minimum atomic E-state index is -0.777. The van der Waals surface area contributed by atoms with Crippen molar-refractivity contribution in [1.29, 1.82) is 0 Å². The zero-order chi connectivity index (χ0) is 18.6. The Morgan fingerprint density at radius 1 is 0.625 bits per heavy atom. The molecule has 118 valence electrons. The van der Waals surface area contributed by atoms with Crippen LogP contribution in [0.4, 0.5) is 0 Å². The van der Waals surface area contributed by atoms with Gasteiger partial charge in [0.15, 0.2) is 11.5 Å². The summed E-state index contributed by atoms with van der Waals surface area (Å²) in [6.45, 7) is 2.77. The molecule has 0 aliphatic rings. The summed E-state index contributed by atoms with van der Waals surface area (Å²) in [6.07, 6.45) is 0. The Morgan fingerprint density at radius 2 is 1.12 bits per heavy atom. The zero-order valence-corrected chi connectivity index (χ0v) is 13.3. The molecular formula is C16H15B3O5. The lowest BCUT2D eigenvalue weighted by Crippen LogP contribution is -2.12. The lowest BCUT2D eigenvalue weighted by atomic mass is 9.86. The van der Waals surface area contributed by atoms with E-state index in [1.165, 1.54) is 32.0 Å². The standard InChI is InChI=1S/C16H15B3O5/c1-7-8(2)14(22)16(24)11(18)10(20)6-4-3-5-9(17)15(23)12(19)13(7)21/h3-6,20-24H,1-2H3. The van der Waals surface area contributed by atoms with Crippen LogP contribution in [0.5, 0.6) is 28.7 Å². The molecule has 5 N–H and O–H groups in total. The topological polar surface area (TPSA) is 101 Å². The highest BCUT2D eigenvalue weighted by Crippen LogP contribution is 2.29. The Bertz CT molecular complexity index is 726. The first-order chi connectivity index (χ1) is 11.1. The van der Waals surface area contributed by atoms with Crippen LogP contribution in [-0.4, -0.2) is 49.1 Å². The highest BCUT2D eigenvalue weighted by molar-refractivity contribution is 6.41. The van der Waals surface area contributed by atoms with Gasteiger partial charge in [-0.25, -0.2) is 0 Å². The molecule has 1 rings (SSSR count). The van der Waals surface area contributed by atoms with Crippen LogP contribution in [0.15, 0.2) is 24.3 Å². The van der Waals surface area contributed by atoms with Crippen LogP contribution < -0.4 is 16.4 Å². The van der Waals surface area contributed by atoms with Crippen molar-refractivity contribution in [2.75, 3.05) is 0 Å². The smallest absolute Gasteiger partial charge is 0.160 e. The Hall–Kier alpha value is -2.63. The molecule has 5 nitrogen and oxygen atoms in total. The van der Waals surface area contributed by atoms with Crippen LogP contribution in [0, 0.1) is 13.8 Å². The predicted molar refractivity (Wildman–Crippen MR) is 95.7 cm³/mol. The van der Waals surface area contributed by atoms with Gasteiger partial charge >= 0.3 is 0 Å². The normalized spacial score (nSPS) is 9.75. The van der Waals surface area contributed by atoms with Gasteiger partial charge in [-0.15, -0.1) is 0 Å². The Balaban J connectivity index is 4.19. The summed E-state index contributed by atoms with van der Waals surface area (Å²) in [7, 11) is 16.9. The molecule has 0 aliphatic carbocycles. The molecule has 24 heavy (non-hydrogen) atoms. The third-order valence-electron chi connectivity index (χ3n) is 3.45.